The third-order valence-electron chi connectivity index (χ3n) is 4.29. The number of halogens is 1. The second-order valence-electron chi connectivity index (χ2n) is 5.93. The predicted octanol–water partition coefficient (Wildman–Crippen LogP) is 0.242. The fourth-order valence-corrected chi connectivity index (χ4v) is 4.46. The molecule has 1 N–H and O–H groups in total. The normalized spacial score (nSPS) is 17.2. The number of nitrogens with zero attached hydrogens (tertiary/aromatic N) is 3. The predicted molar refractivity (Wildman–Crippen MR) is 90.1 cm³/mol. The van der Waals surface area contributed by atoms with E-state index >= 15 is 0 Å². The van der Waals surface area contributed by atoms with Gasteiger partial charge in [-0.1, -0.05) is 0 Å². The summed E-state index contributed by atoms with van der Waals surface area (Å²) in [7, 11) is -1.65. The van der Waals surface area contributed by atoms with Gasteiger partial charge in [-0.2, -0.15) is 4.31 Å². The quantitative estimate of drug-likeness (QED) is 0.784. The minimum atomic E-state index is -3.56. The summed E-state index contributed by atoms with van der Waals surface area (Å²) in [4.78, 5) is 1.42. The summed E-state index contributed by atoms with van der Waals surface area (Å²) in [5.41, 5.74) is 0. The molecule has 3 rings (SSSR count). The van der Waals surface area contributed by atoms with E-state index in [0.717, 1.165) is 11.4 Å². The number of hydrogen-bond donors (Lipinski definition) is 1. The molecular formula is C15H20FN4O2S2+. The monoisotopic (exact) mass is 371 g/mol. The highest BCUT2D eigenvalue weighted by atomic mass is 32.2. The van der Waals surface area contributed by atoms with Crippen LogP contribution in [-0.2, 0) is 23.7 Å². The minimum absolute atomic E-state index is 0.137. The SMILES string of the molecule is Cn1ccn(C[NH+]2CCN(S(=O)(=O)c3ccc(F)cc3)CC2)c1=S. The number of nitrogens with one attached hydrogen (secondary N) is 1. The van der Waals surface area contributed by atoms with Gasteiger partial charge in [-0.05, 0) is 36.5 Å². The third kappa shape index (κ3) is 3.44. The maximum absolute atomic E-state index is 13.0. The number of piperazine rings is 1. The van der Waals surface area contributed by atoms with Crippen molar-refractivity contribution in [1.82, 2.24) is 13.4 Å². The van der Waals surface area contributed by atoms with Crippen molar-refractivity contribution in [2.24, 2.45) is 7.05 Å². The zero-order valence-corrected chi connectivity index (χ0v) is 15.0. The van der Waals surface area contributed by atoms with Crippen molar-refractivity contribution in [2.75, 3.05) is 26.2 Å². The first-order valence-corrected chi connectivity index (χ1v) is 9.54. The van der Waals surface area contributed by atoms with Crippen LogP contribution < -0.4 is 4.90 Å². The van der Waals surface area contributed by atoms with Crippen molar-refractivity contribution < 1.29 is 17.7 Å². The maximum atomic E-state index is 13.0. The lowest BCUT2D eigenvalue weighted by Gasteiger charge is -2.31. The summed E-state index contributed by atoms with van der Waals surface area (Å²) >= 11 is 5.33. The lowest BCUT2D eigenvalue weighted by atomic mass is 10.4. The van der Waals surface area contributed by atoms with Crippen LogP contribution in [0.15, 0.2) is 41.6 Å². The molecule has 0 atom stereocenters. The van der Waals surface area contributed by atoms with E-state index in [2.05, 4.69) is 0 Å². The van der Waals surface area contributed by atoms with Crippen molar-refractivity contribution in [2.45, 2.75) is 11.6 Å². The van der Waals surface area contributed by atoms with Crippen LogP contribution in [0.25, 0.3) is 0 Å². The molecule has 2 aromatic rings. The van der Waals surface area contributed by atoms with Crippen LogP contribution in [-0.4, -0.2) is 48.0 Å². The summed E-state index contributed by atoms with van der Waals surface area (Å²) in [6.07, 6.45) is 3.86. The van der Waals surface area contributed by atoms with Gasteiger partial charge in [0.1, 0.15) is 5.82 Å². The number of hydrogen-bond acceptors (Lipinski definition) is 3. The molecule has 1 aromatic carbocycles. The Bertz CT molecular complexity index is 866. The molecule has 24 heavy (non-hydrogen) atoms. The average Bonchev–Trinajstić information content (AvgIpc) is 2.88. The van der Waals surface area contributed by atoms with Crippen LogP contribution in [0.2, 0.25) is 0 Å². The molecule has 1 fully saturated rings. The van der Waals surface area contributed by atoms with Gasteiger partial charge in [0.25, 0.3) is 0 Å². The van der Waals surface area contributed by atoms with E-state index in [1.165, 1.54) is 33.5 Å². The Morgan fingerprint density at radius 2 is 1.79 bits per heavy atom. The highest BCUT2D eigenvalue weighted by Gasteiger charge is 2.30. The summed E-state index contributed by atoms with van der Waals surface area (Å²) in [6.45, 7) is 3.02. The van der Waals surface area contributed by atoms with E-state index < -0.39 is 15.8 Å². The molecule has 0 unspecified atom stereocenters. The second kappa shape index (κ2) is 6.75. The zero-order valence-electron chi connectivity index (χ0n) is 13.4. The molecule has 0 spiro atoms. The zero-order chi connectivity index (χ0) is 17.3. The Morgan fingerprint density at radius 1 is 1.17 bits per heavy atom. The van der Waals surface area contributed by atoms with Gasteiger partial charge < -0.3 is 9.47 Å². The first-order valence-electron chi connectivity index (χ1n) is 7.69. The first-order chi connectivity index (χ1) is 11.4. The number of aromatic nitrogens is 2. The molecule has 0 aliphatic carbocycles. The first kappa shape index (κ1) is 17.3. The Kier molecular flexibility index (Phi) is 4.86. The number of imidazole rings is 1. The molecular weight excluding hydrogens is 351 g/mol. The summed E-state index contributed by atoms with van der Waals surface area (Å²) in [5.74, 6) is -0.442. The topological polar surface area (TPSA) is 51.7 Å². The van der Waals surface area contributed by atoms with E-state index in [0.29, 0.717) is 26.2 Å². The van der Waals surface area contributed by atoms with Gasteiger partial charge in [0.15, 0.2) is 11.4 Å². The number of benzene rings is 1. The van der Waals surface area contributed by atoms with Gasteiger partial charge in [0, 0.05) is 19.4 Å². The van der Waals surface area contributed by atoms with Crippen LogP contribution in [0.5, 0.6) is 0 Å². The molecule has 1 aliphatic rings. The average molecular weight is 371 g/mol. The number of rotatable bonds is 4. The van der Waals surface area contributed by atoms with E-state index in [1.54, 1.807) is 0 Å². The molecule has 9 heteroatoms. The van der Waals surface area contributed by atoms with E-state index in [1.807, 2.05) is 28.6 Å². The van der Waals surface area contributed by atoms with Crippen molar-refractivity contribution in [1.29, 1.82) is 0 Å². The fourth-order valence-electron chi connectivity index (χ4n) is 2.83. The molecule has 6 nitrogen and oxygen atoms in total. The van der Waals surface area contributed by atoms with Crippen molar-refractivity contribution in [3.8, 4) is 0 Å². The minimum Gasteiger partial charge on any atom is -0.327 e. The van der Waals surface area contributed by atoms with Crippen molar-refractivity contribution in [3.63, 3.8) is 0 Å². The van der Waals surface area contributed by atoms with Gasteiger partial charge in [0.05, 0.1) is 31.1 Å². The highest BCUT2D eigenvalue weighted by molar-refractivity contribution is 7.89. The van der Waals surface area contributed by atoms with Crippen LogP contribution in [0.1, 0.15) is 0 Å². The van der Waals surface area contributed by atoms with Gasteiger partial charge in [-0.15, -0.1) is 0 Å². The molecule has 130 valence electrons. The summed E-state index contributed by atoms with van der Waals surface area (Å²) in [6, 6.07) is 4.97. The molecule has 1 saturated heterocycles. The Balaban J connectivity index is 1.65. The Labute approximate surface area is 145 Å². The number of aryl methyl sites for hydroxylation is 1. The fraction of sp³-hybridized carbons (Fsp3) is 0.400. The lowest BCUT2D eigenvalue weighted by molar-refractivity contribution is -0.926. The van der Waals surface area contributed by atoms with E-state index in [9.17, 15) is 12.8 Å². The third-order valence-corrected chi connectivity index (χ3v) is 6.73. The molecule has 0 saturated carbocycles. The summed E-state index contributed by atoms with van der Waals surface area (Å²) < 4.78 is 44.3. The maximum Gasteiger partial charge on any atom is 0.243 e. The second-order valence-corrected chi connectivity index (χ2v) is 8.23. The lowest BCUT2D eigenvalue weighted by Crippen LogP contribution is -3.14. The van der Waals surface area contributed by atoms with Crippen LogP contribution in [0, 0.1) is 10.6 Å². The highest BCUT2D eigenvalue weighted by Crippen LogP contribution is 2.16. The van der Waals surface area contributed by atoms with Crippen LogP contribution in [0.4, 0.5) is 4.39 Å². The molecule has 2 heterocycles. The van der Waals surface area contributed by atoms with Crippen molar-refractivity contribution in [3.05, 3.63) is 47.2 Å². The molecule has 0 bridgehead atoms. The van der Waals surface area contributed by atoms with Crippen molar-refractivity contribution >= 4 is 22.2 Å². The van der Waals surface area contributed by atoms with Gasteiger partial charge in [0.2, 0.25) is 10.0 Å². The van der Waals surface area contributed by atoms with E-state index in [-0.39, 0.29) is 4.90 Å². The Morgan fingerprint density at radius 3 is 2.33 bits per heavy atom. The molecule has 0 amide bonds. The molecule has 1 aromatic heterocycles. The summed E-state index contributed by atoms with van der Waals surface area (Å²) in [5, 5.41) is 0. The van der Waals surface area contributed by atoms with Crippen LogP contribution >= 0.6 is 12.2 Å². The number of quaternary nitrogens is 1. The van der Waals surface area contributed by atoms with Gasteiger partial charge in [-0.25, -0.2) is 12.8 Å². The van der Waals surface area contributed by atoms with Gasteiger partial charge in [-0.3, -0.25) is 4.57 Å². The van der Waals surface area contributed by atoms with E-state index in [4.69, 9.17) is 12.2 Å². The number of sulfonamides is 1. The Hall–Kier alpha value is -1.55. The molecule has 1 aliphatic heterocycles. The smallest absolute Gasteiger partial charge is 0.243 e. The molecule has 0 radical (unpaired) electrons. The standard InChI is InChI=1S/C15H19FN4O2S2/c1-17-6-9-19(15(17)23)12-18-7-10-20(11-8-18)24(21,22)14-4-2-13(16)3-5-14/h2-6,9H,7-8,10-12H2,1H3/p+1. The largest absolute Gasteiger partial charge is 0.327 e. The van der Waals surface area contributed by atoms with Crippen LogP contribution in [0.3, 0.4) is 0 Å². The van der Waals surface area contributed by atoms with Gasteiger partial charge >= 0.3 is 0 Å².